The molecule has 1 heterocycles. The summed E-state index contributed by atoms with van der Waals surface area (Å²) in [5.41, 5.74) is 0. The monoisotopic (exact) mass is 121 g/mol. The van der Waals surface area contributed by atoms with Crippen molar-refractivity contribution < 1.29 is 0 Å². The van der Waals surface area contributed by atoms with E-state index in [1.807, 2.05) is 31.7 Å². The van der Waals surface area contributed by atoms with Crippen molar-refractivity contribution >= 4 is 5.82 Å². The van der Waals surface area contributed by atoms with Gasteiger partial charge in [-0.3, -0.25) is 0 Å². The Labute approximate surface area is 54.9 Å². The second-order valence-corrected chi connectivity index (χ2v) is 1.65. The Balaban J connectivity index is 2.61. The van der Waals surface area contributed by atoms with Crippen LogP contribution in [0.1, 0.15) is 6.92 Å². The van der Waals surface area contributed by atoms with E-state index in [9.17, 15) is 0 Å². The fraction of sp³-hybridized carbons (Fsp3) is 0.143. The van der Waals surface area contributed by atoms with Crippen LogP contribution < -0.4 is 5.32 Å². The zero-order valence-corrected chi connectivity index (χ0v) is 5.33. The molecule has 1 aromatic heterocycles. The van der Waals surface area contributed by atoms with Gasteiger partial charge in [0, 0.05) is 12.7 Å². The predicted octanol–water partition coefficient (Wildman–Crippen LogP) is 1.68. The smallest absolute Gasteiger partial charge is 0.126 e. The van der Waals surface area contributed by atoms with Crippen molar-refractivity contribution in [1.82, 2.24) is 4.98 Å². The molecule has 1 rings (SSSR count). The van der Waals surface area contributed by atoms with Crippen LogP contribution in [0.3, 0.4) is 0 Å². The van der Waals surface area contributed by atoms with Crippen molar-refractivity contribution in [2.45, 2.75) is 6.92 Å². The average molecular weight is 121 g/mol. The standard InChI is InChI=1S/C7H9N2/c1-2-8-7-5-3-4-6-9-7/h2-6H,1H3,(H,8,9). The van der Waals surface area contributed by atoms with Crippen LogP contribution in [0.25, 0.3) is 0 Å². The van der Waals surface area contributed by atoms with Gasteiger partial charge in [0.1, 0.15) is 5.82 Å². The Bertz CT molecular complexity index is 160. The average Bonchev–Trinajstić information content (AvgIpc) is 1.91. The van der Waals surface area contributed by atoms with Gasteiger partial charge in [-0.15, -0.1) is 0 Å². The van der Waals surface area contributed by atoms with Gasteiger partial charge >= 0.3 is 0 Å². The maximum Gasteiger partial charge on any atom is 0.126 e. The molecule has 47 valence electrons. The largest absolute Gasteiger partial charge is 0.366 e. The Morgan fingerprint density at radius 2 is 2.44 bits per heavy atom. The highest BCUT2D eigenvalue weighted by molar-refractivity contribution is 5.34. The Hall–Kier alpha value is -1.05. The first-order valence-corrected chi connectivity index (χ1v) is 2.89. The van der Waals surface area contributed by atoms with Crippen molar-refractivity contribution in [2.24, 2.45) is 0 Å². The van der Waals surface area contributed by atoms with Crippen molar-refractivity contribution in [1.29, 1.82) is 0 Å². The van der Waals surface area contributed by atoms with Gasteiger partial charge in [-0.25, -0.2) is 4.98 Å². The number of rotatable bonds is 2. The topological polar surface area (TPSA) is 24.9 Å². The zero-order chi connectivity index (χ0) is 6.53. The lowest BCUT2D eigenvalue weighted by Crippen LogP contribution is -1.91. The van der Waals surface area contributed by atoms with E-state index in [1.165, 1.54) is 0 Å². The summed E-state index contributed by atoms with van der Waals surface area (Å²) < 4.78 is 0. The molecule has 9 heavy (non-hydrogen) atoms. The second kappa shape index (κ2) is 3.07. The first-order chi connectivity index (χ1) is 4.43. The minimum atomic E-state index is 0.889. The number of hydrogen-bond donors (Lipinski definition) is 1. The molecule has 0 spiro atoms. The summed E-state index contributed by atoms with van der Waals surface area (Å²) in [5, 5.41) is 2.97. The number of anilines is 1. The lowest BCUT2D eigenvalue weighted by Gasteiger charge is -1.97. The van der Waals surface area contributed by atoms with E-state index in [4.69, 9.17) is 0 Å². The normalized spacial score (nSPS) is 9.00. The number of aromatic nitrogens is 1. The zero-order valence-electron chi connectivity index (χ0n) is 5.33. The van der Waals surface area contributed by atoms with Gasteiger partial charge in [-0.1, -0.05) is 6.07 Å². The minimum absolute atomic E-state index is 0.889. The van der Waals surface area contributed by atoms with Crippen LogP contribution in [0.2, 0.25) is 0 Å². The van der Waals surface area contributed by atoms with Crippen LogP contribution in [0.5, 0.6) is 0 Å². The van der Waals surface area contributed by atoms with E-state index in [0.29, 0.717) is 0 Å². The molecule has 2 heteroatoms. The molecule has 0 bridgehead atoms. The van der Waals surface area contributed by atoms with Gasteiger partial charge in [-0.2, -0.15) is 0 Å². The van der Waals surface area contributed by atoms with E-state index >= 15 is 0 Å². The minimum Gasteiger partial charge on any atom is -0.366 e. The van der Waals surface area contributed by atoms with Gasteiger partial charge in [0.15, 0.2) is 0 Å². The molecule has 0 unspecified atom stereocenters. The molecule has 1 radical (unpaired) electrons. The molecule has 1 N–H and O–H groups in total. The lowest BCUT2D eigenvalue weighted by atomic mass is 10.5. The van der Waals surface area contributed by atoms with Gasteiger partial charge in [0.05, 0.1) is 0 Å². The van der Waals surface area contributed by atoms with Crippen molar-refractivity contribution in [2.75, 3.05) is 5.32 Å². The van der Waals surface area contributed by atoms with Gasteiger partial charge < -0.3 is 5.32 Å². The summed E-state index contributed by atoms with van der Waals surface area (Å²) in [6.07, 6.45) is 1.76. The van der Waals surface area contributed by atoms with E-state index in [0.717, 1.165) is 5.82 Å². The Morgan fingerprint density at radius 1 is 1.56 bits per heavy atom. The third-order valence-corrected chi connectivity index (χ3v) is 0.957. The predicted molar refractivity (Wildman–Crippen MR) is 37.8 cm³/mol. The molecule has 0 aliphatic carbocycles. The molecule has 0 fully saturated rings. The number of hydrogen-bond acceptors (Lipinski definition) is 2. The molecule has 0 aliphatic heterocycles. The van der Waals surface area contributed by atoms with Crippen molar-refractivity contribution in [3.05, 3.63) is 30.9 Å². The van der Waals surface area contributed by atoms with Gasteiger partial charge in [-0.05, 0) is 19.1 Å². The highest BCUT2D eigenvalue weighted by Gasteiger charge is 1.83. The van der Waals surface area contributed by atoms with Crippen LogP contribution in [0.15, 0.2) is 24.4 Å². The quantitative estimate of drug-likeness (QED) is 0.643. The fourth-order valence-corrected chi connectivity index (χ4v) is 0.596. The molecule has 0 saturated heterocycles. The summed E-state index contributed by atoms with van der Waals surface area (Å²) in [6, 6.07) is 5.75. The van der Waals surface area contributed by atoms with Crippen LogP contribution in [0, 0.1) is 6.54 Å². The molecule has 0 amide bonds. The van der Waals surface area contributed by atoms with E-state index < -0.39 is 0 Å². The molecule has 0 saturated carbocycles. The first-order valence-electron chi connectivity index (χ1n) is 2.89. The third kappa shape index (κ3) is 1.72. The Morgan fingerprint density at radius 3 is 3.00 bits per heavy atom. The number of nitrogens with zero attached hydrogens (tertiary/aromatic N) is 1. The summed E-state index contributed by atoms with van der Waals surface area (Å²) >= 11 is 0. The highest BCUT2D eigenvalue weighted by Crippen LogP contribution is 1.98. The van der Waals surface area contributed by atoms with E-state index in [1.54, 1.807) is 6.20 Å². The molecule has 0 atom stereocenters. The SMILES string of the molecule is C[CH]Nc1ccccn1. The van der Waals surface area contributed by atoms with Crippen molar-refractivity contribution in [3.8, 4) is 0 Å². The fourth-order valence-electron chi connectivity index (χ4n) is 0.596. The number of nitrogens with one attached hydrogen (secondary N) is 1. The lowest BCUT2D eigenvalue weighted by molar-refractivity contribution is 1.26. The molecular weight excluding hydrogens is 112 g/mol. The van der Waals surface area contributed by atoms with Crippen molar-refractivity contribution in [3.63, 3.8) is 0 Å². The molecule has 2 nitrogen and oxygen atoms in total. The van der Waals surface area contributed by atoms with Crippen LogP contribution in [-0.2, 0) is 0 Å². The van der Waals surface area contributed by atoms with E-state index in [2.05, 4.69) is 10.3 Å². The summed E-state index contributed by atoms with van der Waals surface area (Å²) in [5.74, 6) is 0.889. The molecular formula is C7H9N2. The summed E-state index contributed by atoms with van der Waals surface area (Å²) in [4.78, 5) is 4.03. The van der Waals surface area contributed by atoms with Crippen LogP contribution >= 0.6 is 0 Å². The first kappa shape index (κ1) is 6.08. The third-order valence-electron chi connectivity index (χ3n) is 0.957. The van der Waals surface area contributed by atoms with Gasteiger partial charge in [0.2, 0.25) is 0 Å². The highest BCUT2D eigenvalue weighted by atomic mass is 15.0. The molecule has 1 aromatic rings. The van der Waals surface area contributed by atoms with Gasteiger partial charge in [0.25, 0.3) is 0 Å². The maximum atomic E-state index is 4.03. The molecule has 0 aromatic carbocycles. The summed E-state index contributed by atoms with van der Waals surface area (Å²) in [6.45, 7) is 3.77. The van der Waals surface area contributed by atoms with E-state index in [-0.39, 0.29) is 0 Å². The van der Waals surface area contributed by atoms with Crippen LogP contribution in [0.4, 0.5) is 5.82 Å². The Kier molecular flexibility index (Phi) is 2.07. The van der Waals surface area contributed by atoms with Crippen LogP contribution in [-0.4, -0.2) is 4.98 Å². The maximum absolute atomic E-state index is 4.03. The second-order valence-electron chi connectivity index (χ2n) is 1.65. The molecule has 0 aliphatic rings. The summed E-state index contributed by atoms with van der Waals surface area (Å²) in [7, 11) is 0. The number of pyridine rings is 1.